The van der Waals surface area contributed by atoms with Gasteiger partial charge in [-0.15, -0.1) is 0 Å². The molecule has 0 aliphatic heterocycles. The maximum absolute atomic E-state index is 6.16. The van der Waals surface area contributed by atoms with Crippen molar-refractivity contribution in [2.45, 2.75) is 31.7 Å². The molecule has 2 N–H and O–H groups in total. The third-order valence-electron chi connectivity index (χ3n) is 3.03. The van der Waals surface area contributed by atoms with E-state index in [2.05, 4.69) is 22.0 Å². The average molecular weight is 270 g/mol. The van der Waals surface area contributed by atoms with E-state index in [1.807, 2.05) is 6.07 Å². The van der Waals surface area contributed by atoms with Gasteiger partial charge in [0.25, 0.3) is 0 Å². The van der Waals surface area contributed by atoms with Gasteiger partial charge in [-0.2, -0.15) is 0 Å². The van der Waals surface area contributed by atoms with E-state index < -0.39 is 0 Å². The van der Waals surface area contributed by atoms with Gasteiger partial charge < -0.3 is 10.5 Å². The Morgan fingerprint density at radius 2 is 2.20 bits per heavy atom. The van der Waals surface area contributed by atoms with Crippen LogP contribution in [0.2, 0.25) is 0 Å². The third-order valence-corrected chi connectivity index (χ3v) is 3.74. The molecule has 3 heteroatoms. The van der Waals surface area contributed by atoms with Crippen molar-refractivity contribution >= 4 is 15.9 Å². The molecule has 1 aromatic carbocycles. The topological polar surface area (TPSA) is 35.2 Å². The van der Waals surface area contributed by atoms with Crippen LogP contribution >= 0.6 is 15.9 Å². The first kappa shape index (κ1) is 11.0. The van der Waals surface area contributed by atoms with Gasteiger partial charge in [-0.25, -0.2) is 0 Å². The van der Waals surface area contributed by atoms with Crippen LogP contribution in [-0.2, 0) is 6.42 Å². The SMILES string of the molecule is COc1cc(Br)c2c(c1)C(N)CCCC2. The van der Waals surface area contributed by atoms with E-state index in [4.69, 9.17) is 10.5 Å². The van der Waals surface area contributed by atoms with Gasteiger partial charge in [-0.05, 0) is 42.5 Å². The highest BCUT2D eigenvalue weighted by Crippen LogP contribution is 2.35. The van der Waals surface area contributed by atoms with Crippen LogP contribution < -0.4 is 10.5 Å². The van der Waals surface area contributed by atoms with Crippen LogP contribution in [0.1, 0.15) is 36.4 Å². The fourth-order valence-electron chi connectivity index (χ4n) is 2.17. The van der Waals surface area contributed by atoms with Gasteiger partial charge >= 0.3 is 0 Å². The summed E-state index contributed by atoms with van der Waals surface area (Å²) in [5, 5.41) is 0. The summed E-state index contributed by atoms with van der Waals surface area (Å²) >= 11 is 3.60. The van der Waals surface area contributed by atoms with E-state index in [-0.39, 0.29) is 6.04 Å². The summed E-state index contributed by atoms with van der Waals surface area (Å²) in [6, 6.07) is 4.27. The molecule has 0 aromatic heterocycles. The summed E-state index contributed by atoms with van der Waals surface area (Å²) in [4.78, 5) is 0. The summed E-state index contributed by atoms with van der Waals surface area (Å²) in [7, 11) is 1.69. The molecule has 0 fully saturated rings. The molecule has 0 bridgehead atoms. The van der Waals surface area contributed by atoms with Crippen molar-refractivity contribution < 1.29 is 4.74 Å². The Balaban J connectivity index is 2.50. The number of rotatable bonds is 1. The standard InChI is InChI=1S/C12H16BrNO/c1-15-8-6-10-9(11(13)7-8)4-2-3-5-12(10)14/h6-7,12H,2-5,14H2,1H3. The van der Waals surface area contributed by atoms with Crippen molar-refractivity contribution in [3.8, 4) is 5.75 Å². The highest BCUT2D eigenvalue weighted by molar-refractivity contribution is 9.10. The second kappa shape index (κ2) is 4.54. The maximum Gasteiger partial charge on any atom is 0.120 e. The van der Waals surface area contributed by atoms with Gasteiger partial charge in [0.2, 0.25) is 0 Å². The molecule has 2 nitrogen and oxygen atoms in total. The molecule has 1 aromatic rings. The largest absolute Gasteiger partial charge is 0.497 e. The Hall–Kier alpha value is -0.540. The molecular weight excluding hydrogens is 254 g/mol. The van der Waals surface area contributed by atoms with Crippen molar-refractivity contribution in [3.05, 3.63) is 27.7 Å². The predicted molar refractivity (Wildman–Crippen MR) is 65.2 cm³/mol. The molecule has 0 heterocycles. The monoisotopic (exact) mass is 269 g/mol. The Morgan fingerprint density at radius 1 is 1.40 bits per heavy atom. The number of ether oxygens (including phenoxy) is 1. The minimum absolute atomic E-state index is 0.161. The van der Waals surface area contributed by atoms with E-state index in [0.29, 0.717) is 0 Å². The Morgan fingerprint density at radius 3 is 2.93 bits per heavy atom. The van der Waals surface area contributed by atoms with Crippen molar-refractivity contribution in [1.29, 1.82) is 0 Å². The van der Waals surface area contributed by atoms with Gasteiger partial charge in [0.05, 0.1) is 7.11 Å². The van der Waals surface area contributed by atoms with E-state index >= 15 is 0 Å². The summed E-state index contributed by atoms with van der Waals surface area (Å²) in [5.74, 6) is 0.887. The number of halogens is 1. The van der Waals surface area contributed by atoms with Crippen LogP contribution in [0, 0.1) is 0 Å². The molecule has 0 spiro atoms. The number of benzene rings is 1. The number of fused-ring (bicyclic) bond motifs is 1. The average Bonchev–Trinajstić information content (AvgIpc) is 2.41. The number of nitrogens with two attached hydrogens (primary N) is 1. The lowest BCUT2D eigenvalue weighted by atomic mass is 9.99. The van der Waals surface area contributed by atoms with Gasteiger partial charge in [0, 0.05) is 10.5 Å². The zero-order valence-electron chi connectivity index (χ0n) is 8.92. The molecule has 15 heavy (non-hydrogen) atoms. The third kappa shape index (κ3) is 2.18. The van der Waals surface area contributed by atoms with E-state index in [1.165, 1.54) is 24.0 Å². The van der Waals surface area contributed by atoms with Crippen LogP contribution in [0.3, 0.4) is 0 Å². The molecule has 82 valence electrons. The molecule has 0 saturated heterocycles. The molecule has 0 saturated carbocycles. The zero-order chi connectivity index (χ0) is 10.8. The van der Waals surface area contributed by atoms with Crippen LogP contribution in [0.15, 0.2) is 16.6 Å². The molecule has 1 unspecified atom stereocenters. The van der Waals surface area contributed by atoms with E-state index in [1.54, 1.807) is 7.11 Å². The first-order valence-corrected chi connectivity index (χ1v) is 6.13. The predicted octanol–water partition coefficient (Wildman–Crippen LogP) is 3.18. The van der Waals surface area contributed by atoms with Crippen LogP contribution in [0.5, 0.6) is 5.75 Å². The van der Waals surface area contributed by atoms with E-state index in [0.717, 1.165) is 23.1 Å². The lowest BCUT2D eigenvalue weighted by molar-refractivity contribution is 0.413. The first-order chi connectivity index (χ1) is 7.22. The Labute approximate surface area is 98.9 Å². The molecule has 0 radical (unpaired) electrons. The summed E-state index contributed by atoms with van der Waals surface area (Å²) < 4.78 is 6.40. The van der Waals surface area contributed by atoms with Gasteiger partial charge in [0.1, 0.15) is 5.75 Å². The highest BCUT2D eigenvalue weighted by Gasteiger charge is 2.18. The molecule has 0 amide bonds. The second-order valence-corrected chi connectivity index (χ2v) is 4.88. The Kier molecular flexibility index (Phi) is 3.32. The number of hydrogen-bond donors (Lipinski definition) is 1. The Bertz CT molecular complexity index is 365. The summed E-state index contributed by atoms with van der Waals surface area (Å²) in [6.45, 7) is 0. The van der Waals surface area contributed by atoms with Crippen molar-refractivity contribution in [2.24, 2.45) is 5.73 Å². The highest BCUT2D eigenvalue weighted by atomic mass is 79.9. The maximum atomic E-state index is 6.16. The minimum Gasteiger partial charge on any atom is -0.497 e. The van der Waals surface area contributed by atoms with E-state index in [9.17, 15) is 0 Å². The zero-order valence-corrected chi connectivity index (χ0v) is 10.5. The van der Waals surface area contributed by atoms with Crippen molar-refractivity contribution in [3.63, 3.8) is 0 Å². The molecule has 2 rings (SSSR count). The normalized spacial score (nSPS) is 20.6. The number of methoxy groups -OCH3 is 1. The lowest BCUT2D eigenvalue weighted by Crippen LogP contribution is -2.11. The van der Waals surface area contributed by atoms with Crippen molar-refractivity contribution in [2.75, 3.05) is 7.11 Å². The molecule has 1 aliphatic rings. The quantitative estimate of drug-likeness (QED) is 0.795. The fraction of sp³-hybridized carbons (Fsp3) is 0.500. The summed E-state index contributed by atoms with van der Waals surface area (Å²) in [5.41, 5.74) is 8.77. The number of hydrogen-bond acceptors (Lipinski definition) is 2. The fourth-order valence-corrected chi connectivity index (χ4v) is 2.82. The van der Waals surface area contributed by atoms with Gasteiger partial charge in [-0.3, -0.25) is 0 Å². The van der Waals surface area contributed by atoms with Gasteiger partial charge in [0.15, 0.2) is 0 Å². The van der Waals surface area contributed by atoms with Crippen molar-refractivity contribution in [1.82, 2.24) is 0 Å². The molecule has 1 aliphatic carbocycles. The van der Waals surface area contributed by atoms with Crippen LogP contribution in [0.25, 0.3) is 0 Å². The second-order valence-electron chi connectivity index (χ2n) is 4.03. The van der Waals surface area contributed by atoms with Crippen LogP contribution in [-0.4, -0.2) is 7.11 Å². The summed E-state index contributed by atoms with van der Waals surface area (Å²) in [6.07, 6.45) is 4.64. The lowest BCUT2D eigenvalue weighted by Gasteiger charge is -2.15. The minimum atomic E-state index is 0.161. The van der Waals surface area contributed by atoms with Crippen LogP contribution in [0.4, 0.5) is 0 Å². The molecule has 1 atom stereocenters. The molecular formula is C12H16BrNO. The van der Waals surface area contributed by atoms with Gasteiger partial charge in [-0.1, -0.05) is 22.4 Å². The first-order valence-electron chi connectivity index (χ1n) is 5.34. The smallest absolute Gasteiger partial charge is 0.120 e.